The Balaban J connectivity index is 1.32. The van der Waals surface area contributed by atoms with Gasteiger partial charge in [0, 0.05) is 18.5 Å². The van der Waals surface area contributed by atoms with Crippen LogP contribution in [0, 0.1) is 11.7 Å². The molecule has 0 radical (unpaired) electrons. The van der Waals surface area contributed by atoms with Gasteiger partial charge >= 0.3 is 5.97 Å². The van der Waals surface area contributed by atoms with Crippen LogP contribution in [0.2, 0.25) is 0 Å². The lowest BCUT2D eigenvalue weighted by Crippen LogP contribution is -2.52. The predicted octanol–water partition coefficient (Wildman–Crippen LogP) is 3.07. The fourth-order valence-corrected chi connectivity index (χ4v) is 4.56. The number of hydrogen-bond donors (Lipinski definition) is 1. The van der Waals surface area contributed by atoms with Crippen LogP contribution in [-0.2, 0) is 20.7 Å². The van der Waals surface area contributed by atoms with Gasteiger partial charge in [0.2, 0.25) is 5.91 Å². The summed E-state index contributed by atoms with van der Waals surface area (Å²) in [6.07, 6.45) is 0.0889. The van der Waals surface area contributed by atoms with Gasteiger partial charge in [0.15, 0.2) is 10.3 Å². The van der Waals surface area contributed by atoms with Gasteiger partial charge < -0.3 is 15.0 Å². The molecule has 1 amide bonds. The highest BCUT2D eigenvalue weighted by Crippen LogP contribution is 2.34. The van der Waals surface area contributed by atoms with E-state index in [0.717, 1.165) is 9.83 Å². The number of nitrogens with one attached hydrogen (secondary N) is 1. The van der Waals surface area contributed by atoms with Crippen LogP contribution in [0.3, 0.4) is 0 Å². The zero-order chi connectivity index (χ0) is 19.7. The normalized spacial score (nSPS) is 14.1. The number of aromatic nitrogens is 2. The van der Waals surface area contributed by atoms with E-state index < -0.39 is 0 Å². The highest BCUT2D eigenvalue weighted by atomic mass is 32.1. The number of hydrogen-bond acceptors (Lipinski definition) is 8. The maximum atomic E-state index is 13.8. The van der Waals surface area contributed by atoms with Crippen molar-refractivity contribution in [3.05, 3.63) is 35.1 Å². The molecule has 0 bridgehead atoms. The van der Waals surface area contributed by atoms with Gasteiger partial charge in [-0.3, -0.25) is 9.59 Å². The first-order valence-electron chi connectivity index (χ1n) is 8.74. The second-order valence-corrected chi connectivity index (χ2v) is 8.17. The van der Waals surface area contributed by atoms with Gasteiger partial charge in [0.1, 0.15) is 11.3 Å². The molecule has 0 unspecified atom stereocenters. The molecule has 1 aliphatic heterocycles. The van der Waals surface area contributed by atoms with E-state index >= 15 is 0 Å². The summed E-state index contributed by atoms with van der Waals surface area (Å²) in [5, 5.41) is 5.70. The van der Waals surface area contributed by atoms with Gasteiger partial charge in [-0.15, -0.1) is 11.3 Å². The molecule has 28 heavy (non-hydrogen) atoms. The van der Waals surface area contributed by atoms with Crippen LogP contribution in [0.15, 0.2) is 23.6 Å². The molecule has 3 heterocycles. The molecule has 146 valence electrons. The van der Waals surface area contributed by atoms with Gasteiger partial charge in [-0.1, -0.05) is 17.4 Å². The summed E-state index contributed by atoms with van der Waals surface area (Å²) in [6.45, 7) is 3.12. The van der Waals surface area contributed by atoms with Crippen molar-refractivity contribution in [2.45, 2.75) is 13.3 Å². The number of thiazole rings is 2. The van der Waals surface area contributed by atoms with Crippen LogP contribution in [0.5, 0.6) is 0 Å². The highest BCUT2D eigenvalue weighted by Gasteiger charge is 2.35. The molecule has 1 aliphatic rings. The fraction of sp³-hybridized carbons (Fsp3) is 0.333. The van der Waals surface area contributed by atoms with Gasteiger partial charge in [0.25, 0.3) is 0 Å². The molecule has 0 spiro atoms. The Morgan fingerprint density at radius 3 is 2.93 bits per heavy atom. The number of anilines is 2. The molecule has 1 saturated heterocycles. The van der Waals surface area contributed by atoms with Crippen molar-refractivity contribution in [1.29, 1.82) is 0 Å². The monoisotopic (exact) mass is 420 g/mol. The largest absolute Gasteiger partial charge is 0.466 e. The summed E-state index contributed by atoms with van der Waals surface area (Å²) >= 11 is 2.69. The van der Waals surface area contributed by atoms with Crippen molar-refractivity contribution >= 4 is 55.0 Å². The van der Waals surface area contributed by atoms with E-state index in [0.29, 0.717) is 36.0 Å². The number of carbonyl (C=O) groups excluding carboxylic acids is 2. The van der Waals surface area contributed by atoms with E-state index in [4.69, 9.17) is 4.74 Å². The van der Waals surface area contributed by atoms with Gasteiger partial charge in [-0.05, 0) is 19.1 Å². The van der Waals surface area contributed by atoms with Crippen molar-refractivity contribution in [2.24, 2.45) is 5.92 Å². The number of esters is 1. The topological polar surface area (TPSA) is 84.4 Å². The molecule has 2 aromatic heterocycles. The first kappa shape index (κ1) is 18.8. The van der Waals surface area contributed by atoms with Gasteiger partial charge in [-0.25, -0.2) is 14.4 Å². The maximum Gasteiger partial charge on any atom is 0.311 e. The third-order valence-corrected chi connectivity index (χ3v) is 6.18. The number of para-hydroxylation sites is 1. The summed E-state index contributed by atoms with van der Waals surface area (Å²) in [5.74, 6) is -0.986. The fourth-order valence-electron chi connectivity index (χ4n) is 2.85. The van der Waals surface area contributed by atoms with E-state index in [-0.39, 0.29) is 30.0 Å². The third-order valence-electron chi connectivity index (χ3n) is 4.29. The van der Waals surface area contributed by atoms with Crippen LogP contribution in [0.4, 0.5) is 14.7 Å². The molecular weight excluding hydrogens is 403 g/mol. The Hall–Kier alpha value is -2.59. The number of fused-ring (bicyclic) bond motifs is 1. The number of halogens is 1. The second kappa shape index (κ2) is 7.80. The molecule has 3 aromatic rings. The summed E-state index contributed by atoms with van der Waals surface area (Å²) in [7, 11) is 0. The summed E-state index contributed by atoms with van der Waals surface area (Å²) in [4.78, 5) is 34.4. The van der Waals surface area contributed by atoms with Crippen LogP contribution < -0.4 is 10.2 Å². The maximum absolute atomic E-state index is 13.8. The minimum atomic E-state index is -0.340. The molecular formula is C18H17FN4O3S2. The average molecular weight is 420 g/mol. The predicted molar refractivity (Wildman–Crippen MR) is 106 cm³/mol. The van der Waals surface area contributed by atoms with Crippen molar-refractivity contribution in [3.8, 4) is 0 Å². The van der Waals surface area contributed by atoms with Crippen molar-refractivity contribution in [2.75, 3.05) is 29.9 Å². The van der Waals surface area contributed by atoms with Crippen LogP contribution in [-0.4, -0.2) is 41.5 Å². The number of benzene rings is 1. The minimum absolute atomic E-state index is 0.0889. The van der Waals surface area contributed by atoms with Crippen LogP contribution >= 0.6 is 22.7 Å². The number of nitrogens with zero attached hydrogens (tertiary/aromatic N) is 3. The third kappa shape index (κ3) is 3.83. The quantitative estimate of drug-likeness (QED) is 0.617. The Bertz CT molecular complexity index is 1030. The summed E-state index contributed by atoms with van der Waals surface area (Å²) in [5.41, 5.74) is 0.942. The van der Waals surface area contributed by atoms with E-state index in [1.807, 2.05) is 11.0 Å². The van der Waals surface area contributed by atoms with Crippen molar-refractivity contribution in [1.82, 2.24) is 9.97 Å². The minimum Gasteiger partial charge on any atom is -0.466 e. The number of rotatable bonds is 6. The van der Waals surface area contributed by atoms with Gasteiger partial charge in [0.05, 0.1) is 29.3 Å². The molecule has 0 aliphatic carbocycles. The lowest BCUT2D eigenvalue weighted by atomic mass is 10.0. The first-order chi connectivity index (χ1) is 13.5. The molecule has 1 aromatic carbocycles. The molecule has 1 N–H and O–H groups in total. The Morgan fingerprint density at radius 1 is 1.36 bits per heavy atom. The zero-order valence-electron chi connectivity index (χ0n) is 15.0. The lowest BCUT2D eigenvalue weighted by Gasteiger charge is -2.37. The Kier molecular flexibility index (Phi) is 5.23. The first-order valence-corrected chi connectivity index (χ1v) is 10.4. The van der Waals surface area contributed by atoms with E-state index in [2.05, 4.69) is 15.3 Å². The standard InChI is InChI=1S/C18H17FN4O3S2/c1-2-26-14(24)6-11-9-27-17(20-11)22-16(25)10-7-23(8-10)18-21-15-12(19)4-3-5-13(15)28-18/h3-5,9-10H,2,6-8H2,1H3,(H,20,22,25). The zero-order valence-corrected chi connectivity index (χ0v) is 16.6. The lowest BCUT2D eigenvalue weighted by molar-refractivity contribution is -0.142. The molecule has 0 atom stereocenters. The SMILES string of the molecule is CCOC(=O)Cc1csc(NC(=O)C2CN(c3nc4c(F)cccc4s3)C2)n1. The van der Waals surface area contributed by atoms with E-state index in [1.165, 1.54) is 28.7 Å². The number of ether oxygens (including phenoxy) is 1. The molecule has 7 nitrogen and oxygen atoms in total. The highest BCUT2D eigenvalue weighted by molar-refractivity contribution is 7.22. The summed E-state index contributed by atoms with van der Waals surface area (Å²) in [6, 6.07) is 4.89. The second-order valence-electron chi connectivity index (χ2n) is 6.30. The van der Waals surface area contributed by atoms with Crippen molar-refractivity contribution < 1.29 is 18.7 Å². The smallest absolute Gasteiger partial charge is 0.311 e. The summed E-state index contributed by atoms with van der Waals surface area (Å²) < 4.78 is 19.5. The number of carbonyl (C=O) groups is 2. The van der Waals surface area contributed by atoms with Crippen LogP contribution in [0.1, 0.15) is 12.6 Å². The molecule has 0 saturated carbocycles. The van der Waals surface area contributed by atoms with Crippen molar-refractivity contribution in [3.63, 3.8) is 0 Å². The number of amides is 1. The average Bonchev–Trinajstić information content (AvgIpc) is 3.21. The Morgan fingerprint density at radius 2 is 2.18 bits per heavy atom. The van der Waals surface area contributed by atoms with Gasteiger partial charge in [-0.2, -0.15) is 0 Å². The van der Waals surface area contributed by atoms with E-state index in [9.17, 15) is 14.0 Å². The molecule has 4 rings (SSSR count). The Labute approximate surface area is 168 Å². The van der Waals surface area contributed by atoms with Crippen LogP contribution in [0.25, 0.3) is 10.2 Å². The molecule has 1 fully saturated rings. The van der Waals surface area contributed by atoms with E-state index in [1.54, 1.807) is 18.4 Å². The molecule has 10 heteroatoms.